The van der Waals surface area contributed by atoms with Crippen molar-refractivity contribution in [2.24, 2.45) is 0 Å². The van der Waals surface area contributed by atoms with E-state index in [0.29, 0.717) is 40.5 Å². The minimum Gasteiger partial charge on any atom is -0.493 e. The van der Waals surface area contributed by atoms with Crippen molar-refractivity contribution in [2.45, 2.75) is 6.42 Å². The standard InChI is InChI=1S/C26H23NO7/c1-31-21-14-17(15-22(32-2)23(21)33-3)26(30)34-18-10-8-16(9-11-18)12-13-27-24(28)19-6-4-5-7-20(19)25(27)29/h4-11,14-15H,12-13H2,1-3H3. The Labute approximate surface area is 196 Å². The first-order valence-corrected chi connectivity index (χ1v) is 10.5. The molecule has 0 unspecified atom stereocenters. The van der Waals surface area contributed by atoms with Crippen molar-refractivity contribution in [3.8, 4) is 23.0 Å². The Kier molecular flexibility index (Phi) is 6.49. The number of carbonyl (C=O) groups excluding carboxylic acids is 3. The molecule has 0 saturated heterocycles. The molecule has 0 aliphatic carbocycles. The van der Waals surface area contributed by atoms with Gasteiger partial charge in [-0.1, -0.05) is 24.3 Å². The fourth-order valence-electron chi connectivity index (χ4n) is 3.77. The lowest BCUT2D eigenvalue weighted by Gasteiger charge is -2.14. The maximum Gasteiger partial charge on any atom is 0.343 e. The summed E-state index contributed by atoms with van der Waals surface area (Å²) in [6.07, 6.45) is 0.479. The Hall–Kier alpha value is -4.33. The number of imide groups is 1. The molecule has 0 N–H and O–H groups in total. The molecule has 2 amide bonds. The molecule has 8 heteroatoms. The predicted octanol–water partition coefficient (Wildman–Crippen LogP) is 3.77. The lowest BCUT2D eigenvalue weighted by atomic mass is 10.1. The summed E-state index contributed by atoms with van der Waals surface area (Å²) >= 11 is 0. The number of esters is 1. The summed E-state index contributed by atoms with van der Waals surface area (Å²) in [6, 6.07) is 16.7. The van der Waals surface area contributed by atoms with Crippen molar-refractivity contribution >= 4 is 17.8 Å². The van der Waals surface area contributed by atoms with Crippen LogP contribution in [0.25, 0.3) is 0 Å². The van der Waals surface area contributed by atoms with Crippen molar-refractivity contribution in [1.82, 2.24) is 4.90 Å². The van der Waals surface area contributed by atoms with Crippen molar-refractivity contribution in [3.05, 3.63) is 82.9 Å². The van der Waals surface area contributed by atoms with Crippen LogP contribution in [0, 0.1) is 0 Å². The molecule has 1 aliphatic rings. The normalized spacial score (nSPS) is 12.4. The van der Waals surface area contributed by atoms with Crippen LogP contribution >= 0.6 is 0 Å². The van der Waals surface area contributed by atoms with Crippen LogP contribution in [0.15, 0.2) is 60.7 Å². The van der Waals surface area contributed by atoms with Crippen molar-refractivity contribution in [1.29, 1.82) is 0 Å². The minimum absolute atomic E-state index is 0.240. The number of nitrogens with zero attached hydrogens (tertiary/aromatic N) is 1. The van der Waals surface area contributed by atoms with Gasteiger partial charge in [0.2, 0.25) is 5.75 Å². The molecule has 3 aromatic rings. The van der Waals surface area contributed by atoms with Gasteiger partial charge in [-0.25, -0.2) is 4.79 Å². The zero-order valence-electron chi connectivity index (χ0n) is 19.0. The molecule has 4 rings (SSSR count). The summed E-state index contributed by atoms with van der Waals surface area (Å²) < 4.78 is 21.3. The number of carbonyl (C=O) groups is 3. The van der Waals surface area contributed by atoms with Crippen LogP contribution in [0.1, 0.15) is 36.6 Å². The molecule has 0 aromatic heterocycles. The molecule has 0 fully saturated rings. The first-order chi connectivity index (χ1) is 16.5. The third-order valence-electron chi connectivity index (χ3n) is 5.54. The fraction of sp³-hybridized carbons (Fsp3) is 0.192. The van der Waals surface area contributed by atoms with E-state index in [2.05, 4.69) is 0 Å². The third kappa shape index (κ3) is 4.30. The zero-order valence-corrected chi connectivity index (χ0v) is 19.0. The van der Waals surface area contributed by atoms with Crippen LogP contribution in [0.5, 0.6) is 23.0 Å². The molecular weight excluding hydrogens is 438 g/mol. The maximum atomic E-state index is 12.7. The summed E-state index contributed by atoms with van der Waals surface area (Å²) in [5.74, 6) is 0.271. The van der Waals surface area contributed by atoms with E-state index in [1.54, 1.807) is 48.5 Å². The van der Waals surface area contributed by atoms with Gasteiger partial charge in [0.15, 0.2) is 11.5 Å². The van der Waals surface area contributed by atoms with E-state index >= 15 is 0 Å². The van der Waals surface area contributed by atoms with E-state index in [1.165, 1.54) is 38.4 Å². The fourth-order valence-corrected chi connectivity index (χ4v) is 3.77. The molecule has 34 heavy (non-hydrogen) atoms. The predicted molar refractivity (Wildman–Crippen MR) is 123 cm³/mol. The lowest BCUT2D eigenvalue weighted by Crippen LogP contribution is -2.31. The first kappa shape index (κ1) is 22.8. The largest absolute Gasteiger partial charge is 0.493 e. The minimum atomic E-state index is -0.585. The molecule has 8 nitrogen and oxygen atoms in total. The van der Waals surface area contributed by atoms with Gasteiger partial charge in [-0.3, -0.25) is 14.5 Å². The number of hydrogen-bond donors (Lipinski definition) is 0. The molecule has 0 saturated carbocycles. The van der Waals surface area contributed by atoms with Crippen molar-refractivity contribution in [3.63, 3.8) is 0 Å². The van der Waals surface area contributed by atoms with E-state index in [1.807, 2.05) is 0 Å². The van der Waals surface area contributed by atoms with Crippen molar-refractivity contribution < 1.29 is 33.3 Å². The van der Waals surface area contributed by atoms with Crippen molar-refractivity contribution in [2.75, 3.05) is 27.9 Å². The number of ether oxygens (including phenoxy) is 4. The number of methoxy groups -OCH3 is 3. The summed E-state index contributed by atoms with van der Waals surface area (Å²) in [6.45, 7) is 0.261. The number of benzene rings is 3. The molecule has 0 atom stereocenters. The number of hydrogen-bond acceptors (Lipinski definition) is 7. The lowest BCUT2D eigenvalue weighted by molar-refractivity contribution is 0.0654. The van der Waals surface area contributed by atoms with Gasteiger partial charge in [0.25, 0.3) is 11.8 Å². The van der Waals surface area contributed by atoms with Gasteiger partial charge < -0.3 is 18.9 Å². The van der Waals surface area contributed by atoms with Crippen LogP contribution in [0.2, 0.25) is 0 Å². The molecule has 3 aromatic carbocycles. The highest BCUT2D eigenvalue weighted by molar-refractivity contribution is 6.21. The maximum absolute atomic E-state index is 12.7. The smallest absolute Gasteiger partial charge is 0.343 e. The van der Waals surface area contributed by atoms with Crippen LogP contribution in [-0.4, -0.2) is 50.6 Å². The van der Waals surface area contributed by atoms with E-state index in [9.17, 15) is 14.4 Å². The van der Waals surface area contributed by atoms with E-state index in [4.69, 9.17) is 18.9 Å². The average Bonchev–Trinajstić information content (AvgIpc) is 3.11. The van der Waals surface area contributed by atoms with E-state index in [-0.39, 0.29) is 23.9 Å². The molecule has 174 valence electrons. The zero-order chi connectivity index (χ0) is 24.2. The van der Waals surface area contributed by atoms with Crippen LogP contribution in [-0.2, 0) is 6.42 Å². The molecular formula is C26H23NO7. The van der Waals surface area contributed by atoms with Gasteiger partial charge in [0, 0.05) is 6.54 Å². The number of rotatable bonds is 8. The Bertz CT molecular complexity index is 1190. The van der Waals surface area contributed by atoms with Gasteiger partial charge in [-0.15, -0.1) is 0 Å². The average molecular weight is 461 g/mol. The third-order valence-corrected chi connectivity index (χ3v) is 5.54. The van der Waals surface area contributed by atoms with Gasteiger partial charge in [0.05, 0.1) is 38.0 Å². The summed E-state index contributed by atoms with van der Waals surface area (Å²) in [4.78, 5) is 38.9. The second-order valence-corrected chi connectivity index (χ2v) is 7.51. The quantitative estimate of drug-likeness (QED) is 0.286. The molecule has 0 bridgehead atoms. The molecule has 0 spiro atoms. The molecule has 0 radical (unpaired) electrons. The summed E-state index contributed by atoms with van der Waals surface area (Å²) in [5, 5.41) is 0. The van der Waals surface area contributed by atoms with E-state index < -0.39 is 5.97 Å². The molecule has 1 heterocycles. The monoisotopic (exact) mass is 461 g/mol. The number of fused-ring (bicyclic) bond motifs is 1. The highest BCUT2D eigenvalue weighted by Gasteiger charge is 2.34. The van der Waals surface area contributed by atoms with Gasteiger partial charge in [-0.2, -0.15) is 0 Å². The highest BCUT2D eigenvalue weighted by atomic mass is 16.5. The van der Waals surface area contributed by atoms with Gasteiger partial charge in [-0.05, 0) is 48.4 Å². The summed E-state index contributed by atoms with van der Waals surface area (Å²) in [5.41, 5.74) is 2.00. The van der Waals surface area contributed by atoms with Gasteiger partial charge in [0.1, 0.15) is 5.75 Å². The SMILES string of the molecule is COc1cc(C(=O)Oc2ccc(CCN3C(=O)c4ccccc4C3=O)cc2)cc(OC)c1OC. The van der Waals surface area contributed by atoms with E-state index in [0.717, 1.165) is 5.56 Å². The topological polar surface area (TPSA) is 91.4 Å². The van der Waals surface area contributed by atoms with Gasteiger partial charge >= 0.3 is 5.97 Å². The summed E-state index contributed by atoms with van der Waals surface area (Å²) in [7, 11) is 4.41. The second kappa shape index (κ2) is 9.66. The Morgan fingerprint density at radius 3 is 1.85 bits per heavy atom. The first-order valence-electron chi connectivity index (χ1n) is 10.5. The van der Waals surface area contributed by atoms with Crippen LogP contribution < -0.4 is 18.9 Å². The Balaban J connectivity index is 1.40. The molecule has 1 aliphatic heterocycles. The van der Waals surface area contributed by atoms with Crippen LogP contribution in [0.4, 0.5) is 0 Å². The Morgan fingerprint density at radius 2 is 1.35 bits per heavy atom. The highest BCUT2D eigenvalue weighted by Crippen LogP contribution is 2.38. The Morgan fingerprint density at radius 1 is 0.794 bits per heavy atom. The second-order valence-electron chi connectivity index (χ2n) is 7.51. The number of amides is 2. The van der Waals surface area contributed by atoms with Crippen LogP contribution in [0.3, 0.4) is 0 Å².